The van der Waals surface area contributed by atoms with Crippen LogP contribution in [-0.4, -0.2) is 36.7 Å². The molecule has 2 aromatic carbocycles. The molecule has 1 aliphatic heterocycles. The summed E-state index contributed by atoms with van der Waals surface area (Å²) in [6.07, 6.45) is 3.67. The maximum Gasteiger partial charge on any atom is 0.354 e. The van der Waals surface area contributed by atoms with Crippen LogP contribution in [0.25, 0.3) is 10.8 Å². The molecule has 5 nitrogen and oxygen atoms in total. The maximum atomic E-state index is 6.36. The minimum absolute atomic E-state index is 0.153. The fourth-order valence-electron chi connectivity index (χ4n) is 3.62. The number of fused-ring (bicyclic) bond motifs is 1. The zero-order valence-corrected chi connectivity index (χ0v) is 18.3. The van der Waals surface area contributed by atoms with Gasteiger partial charge in [0.15, 0.2) is 11.5 Å². The van der Waals surface area contributed by atoms with Crippen LogP contribution >= 0.6 is 0 Å². The highest BCUT2D eigenvalue weighted by atomic mass is 16.6. The Balaban J connectivity index is 1.53. The van der Waals surface area contributed by atoms with Crippen LogP contribution in [0.5, 0.6) is 11.5 Å². The van der Waals surface area contributed by atoms with Gasteiger partial charge in [0.1, 0.15) is 6.61 Å². The van der Waals surface area contributed by atoms with Gasteiger partial charge in [-0.15, -0.1) is 0 Å². The first-order chi connectivity index (χ1) is 14.3. The number of rotatable bonds is 5. The van der Waals surface area contributed by atoms with Crippen molar-refractivity contribution in [3.05, 3.63) is 60.4 Å². The van der Waals surface area contributed by atoms with E-state index in [0.29, 0.717) is 24.6 Å². The average Bonchev–Trinajstić information content (AvgIpc) is 2.74. The summed E-state index contributed by atoms with van der Waals surface area (Å²) in [7, 11) is 1.65. The van der Waals surface area contributed by atoms with Gasteiger partial charge in [0.2, 0.25) is 0 Å². The first-order valence-electron chi connectivity index (χ1n) is 10.2. The van der Waals surface area contributed by atoms with Crippen LogP contribution in [-0.2, 0) is 16.0 Å². The van der Waals surface area contributed by atoms with Crippen molar-refractivity contribution in [2.75, 3.05) is 13.6 Å². The molecule has 0 saturated carbocycles. The third kappa shape index (κ3) is 3.90. The fourth-order valence-corrected chi connectivity index (χ4v) is 3.62. The third-order valence-corrected chi connectivity index (χ3v) is 6.20. The lowest BCUT2D eigenvalue weighted by Gasteiger charge is -2.47. The topological polar surface area (TPSA) is 49.8 Å². The van der Waals surface area contributed by atoms with Crippen molar-refractivity contribution >= 4 is 23.2 Å². The molecule has 1 fully saturated rings. The zero-order chi connectivity index (χ0) is 21.4. The van der Waals surface area contributed by atoms with Gasteiger partial charge in [-0.3, -0.25) is 4.98 Å². The average molecular weight is 405 g/mol. The molecule has 6 heteroatoms. The second-order valence-corrected chi connectivity index (χ2v) is 8.65. The van der Waals surface area contributed by atoms with Crippen LogP contribution in [0.2, 0.25) is 0 Å². The lowest BCUT2D eigenvalue weighted by molar-refractivity contribution is -0.152. The summed E-state index contributed by atoms with van der Waals surface area (Å²) in [5.74, 6) is 1.37. The van der Waals surface area contributed by atoms with Crippen LogP contribution in [0.1, 0.15) is 33.3 Å². The number of methoxy groups -OCH3 is 1. The molecule has 0 radical (unpaired) electrons. The number of hydrogen-bond donors (Lipinski definition) is 0. The Hall–Kier alpha value is -2.57. The Morgan fingerprint density at radius 3 is 2.63 bits per heavy atom. The second kappa shape index (κ2) is 7.93. The molecule has 2 heterocycles. The van der Waals surface area contributed by atoms with Gasteiger partial charge >= 0.3 is 6.92 Å². The molecule has 0 aliphatic carbocycles. The van der Waals surface area contributed by atoms with E-state index in [0.717, 1.165) is 21.8 Å². The summed E-state index contributed by atoms with van der Waals surface area (Å²) in [6, 6.07) is 14.1. The summed E-state index contributed by atoms with van der Waals surface area (Å²) in [5, 5.41) is 2.24. The Morgan fingerprint density at radius 1 is 1.03 bits per heavy atom. The second-order valence-electron chi connectivity index (χ2n) is 8.65. The molecule has 0 spiro atoms. The number of aromatic nitrogens is 1. The number of benzene rings is 2. The number of nitrogens with zero attached hydrogens (tertiary/aromatic N) is 1. The van der Waals surface area contributed by atoms with E-state index in [1.54, 1.807) is 13.3 Å². The Labute approximate surface area is 178 Å². The van der Waals surface area contributed by atoms with Gasteiger partial charge in [-0.1, -0.05) is 24.3 Å². The molecule has 0 unspecified atom stereocenters. The number of ether oxygens (including phenoxy) is 3. The fraction of sp³-hybridized carbons (Fsp3) is 0.375. The van der Waals surface area contributed by atoms with Crippen molar-refractivity contribution in [1.82, 2.24) is 4.98 Å². The minimum atomic E-state index is -0.402. The van der Waals surface area contributed by atoms with Crippen molar-refractivity contribution in [2.45, 2.75) is 45.5 Å². The van der Waals surface area contributed by atoms with Gasteiger partial charge in [-0.05, 0) is 62.3 Å². The van der Waals surface area contributed by atoms with Crippen LogP contribution in [0, 0.1) is 0 Å². The first kappa shape index (κ1) is 20.7. The highest BCUT2D eigenvalue weighted by Gasteiger charge is 2.46. The lowest BCUT2D eigenvalue weighted by atomic mass is 9.59. The highest BCUT2D eigenvalue weighted by Crippen LogP contribution is 2.34. The standard InChI is InChI=1S/C24H28BNO4/c1-23(2)24(3,4)30-25(16-29-23)19-9-10-21(22(13-19)27-5)28-15-18-8-6-7-17-11-12-26-14-20(17)18/h6-14H,15-16H2,1-5H3. The minimum Gasteiger partial charge on any atom is -0.493 e. The largest absolute Gasteiger partial charge is 0.493 e. The Bertz CT molecular complexity index is 1050. The van der Waals surface area contributed by atoms with Crippen molar-refractivity contribution in [3.63, 3.8) is 0 Å². The normalized spacial score (nSPS) is 17.7. The molecule has 0 atom stereocenters. The van der Waals surface area contributed by atoms with Gasteiger partial charge in [0, 0.05) is 17.8 Å². The van der Waals surface area contributed by atoms with E-state index >= 15 is 0 Å². The molecular weight excluding hydrogens is 377 g/mol. The van der Waals surface area contributed by atoms with Crippen LogP contribution in [0.3, 0.4) is 0 Å². The number of hydrogen-bond acceptors (Lipinski definition) is 5. The Morgan fingerprint density at radius 2 is 1.87 bits per heavy atom. The van der Waals surface area contributed by atoms with Gasteiger partial charge in [0.05, 0.1) is 24.8 Å². The van der Waals surface area contributed by atoms with Gasteiger partial charge in [0.25, 0.3) is 0 Å². The predicted molar refractivity (Wildman–Crippen MR) is 120 cm³/mol. The van der Waals surface area contributed by atoms with Crippen molar-refractivity contribution < 1.29 is 18.9 Å². The zero-order valence-electron chi connectivity index (χ0n) is 18.3. The summed E-state index contributed by atoms with van der Waals surface area (Å²) in [4.78, 5) is 4.24. The van der Waals surface area contributed by atoms with Gasteiger partial charge < -0.3 is 18.9 Å². The molecule has 0 amide bonds. The molecule has 156 valence electrons. The molecule has 3 aromatic rings. The summed E-state index contributed by atoms with van der Waals surface area (Å²) in [5.41, 5.74) is 1.35. The van der Waals surface area contributed by atoms with Crippen molar-refractivity contribution in [1.29, 1.82) is 0 Å². The van der Waals surface area contributed by atoms with Gasteiger partial charge in [-0.25, -0.2) is 0 Å². The monoisotopic (exact) mass is 405 g/mol. The summed E-state index contributed by atoms with van der Waals surface area (Å²) in [6.45, 7) is 9.03. The van der Waals surface area contributed by atoms with E-state index in [9.17, 15) is 0 Å². The molecular formula is C24H28BNO4. The summed E-state index contributed by atoms with van der Waals surface area (Å²) >= 11 is 0. The third-order valence-electron chi connectivity index (χ3n) is 6.20. The van der Waals surface area contributed by atoms with E-state index in [-0.39, 0.29) is 12.5 Å². The van der Waals surface area contributed by atoms with Crippen molar-refractivity contribution in [2.24, 2.45) is 0 Å². The van der Waals surface area contributed by atoms with Crippen LogP contribution in [0.4, 0.5) is 0 Å². The van der Waals surface area contributed by atoms with E-state index in [4.69, 9.17) is 18.9 Å². The lowest BCUT2D eigenvalue weighted by Crippen LogP contribution is -2.61. The maximum absolute atomic E-state index is 6.36. The molecule has 1 aromatic heterocycles. The smallest absolute Gasteiger partial charge is 0.354 e. The molecule has 1 aliphatic rings. The molecule has 0 N–H and O–H groups in total. The molecule has 1 saturated heterocycles. The van der Waals surface area contributed by atoms with Crippen molar-refractivity contribution in [3.8, 4) is 11.5 Å². The molecule has 30 heavy (non-hydrogen) atoms. The summed E-state index contributed by atoms with van der Waals surface area (Å²) < 4.78 is 24.2. The van der Waals surface area contributed by atoms with E-state index in [1.165, 1.54) is 0 Å². The molecule has 4 rings (SSSR count). The quantitative estimate of drug-likeness (QED) is 0.597. The Kier molecular flexibility index (Phi) is 5.47. The first-order valence-corrected chi connectivity index (χ1v) is 10.2. The van der Waals surface area contributed by atoms with E-state index < -0.39 is 5.60 Å². The van der Waals surface area contributed by atoms with Crippen LogP contribution < -0.4 is 14.9 Å². The van der Waals surface area contributed by atoms with Gasteiger partial charge in [-0.2, -0.15) is 0 Å². The van der Waals surface area contributed by atoms with Crippen LogP contribution in [0.15, 0.2) is 54.9 Å². The van der Waals surface area contributed by atoms with E-state index in [1.807, 2.05) is 36.5 Å². The highest BCUT2D eigenvalue weighted by molar-refractivity contribution is 6.67. The predicted octanol–water partition coefficient (Wildman–Crippen LogP) is 4.16. The molecule has 0 bridgehead atoms. The SMILES string of the molecule is COc1cc(B2COC(C)(C)C(C)(C)O2)ccc1OCc1cccc2ccncc12. The number of pyridine rings is 1. The van der Waals surface area contributed by atoms with E-state index in [2.05, 4.69) is 44.8 Å².